The summed E-state index contributed by atoms with van der Waals surface area (Å²) in [6.07, 6.45) is 3.02. The molecule has 0 fully saturated rings. The van der Waals surface area contributed by atoms with Gasteiger partial charge in [0.2, 0.25) is 0 Å². The van der Waals surface area contributed by atoms with Gasteiger partial charge in [0.05, 0.1) is 17.2 Å². The van der Waals surface area contributed by atoms with Crippen molar-refractivity contribution in [1.29, 1.82) is 0 Å². The number of hydrogen-bond acceptors (Lipinski definition) is 4. The summed E-state index contributed by atoms with van der Waals surface area (Å²) in [5, 5.41) is 21.6. The maximum atomic E-state index is 11.0. The van der Waals surface area contributed by atoms with E-state index in [1.165, 1.54) is 12.3 Å². The van der Waals surface area contributed by atoms with Crippen LogP contribution in [0.5, 0.6) is 0 Å². The Bertz CT molecular complexity index is 439. The normalized spacial score (nSPS) is 11.4. The highest BCUT2D eigenvalue weighted by molar-refractivity contribution is 6.35. The Morgan fingerprint density at radius 1 is 1.47 bits per heavy atom. The zero-order chi connectivity index (χ0) is 14.5. The van der Waals surface area contributed by atoms with Crippen molar-refractivity contribution in [2.24, 2.45) is 5.41 Å². The fourth-order valence-electron chi connectivity index (χ4n) is 1.78. The monoisotopic (exact) mass is 286 g/mol. The van der Waals surface area contributed by atoms with Crippen LogP contribution in [0.15, 0.2) is 12.3 Å². The topological polar surface area (TPSA) is 82.5 Å². The SMILES string of the molecule is CCC(CC)(CO)CNc1nccc(C(=O)O)c1Cl. The molecule has 0 spiro atoms. The second kappa shape index (κ2) is 6.73. The van der Waals surface area contributed by atoms with Crippen molar-refractivity contribution >= 4 is 23.4 Å². The number of aromatic nitrogens is 1. The molecule has 0 atom stereocenters. The van der Waals surface area contributed by atoms with Gasteiger partial charge < -0.3 is 15.5 Å². The van der Waals surface area contributed by atoms with Crippen LogP contribution in [0.4, 0.5) is 5.82 Å². The fraction of sp³-hybridized carbons (Fsp3) is 0.538. The lowest BCUT2D eigenvalue weighted by molar-refractivity contribution is 0.0697. The molecule has 0 unspecified atom stereocenters. The fourth-order valence-corrected chi connectivity index (χ4v) is 2.04. The smallest absolute Gasteiger partial charge is 0.337 e. The number of halogens is 1. The van der Waals surface area contributed by atoms with E-state index in [0.29, 0.717) is 12.4 Å². The van der Waals surface area contributed by atoms with Crippen LogP contribution in [0.3, 0.4) is 0 Å². The van der Waals surface area contributed by atoms with E-state index >= 15 is 0 Å². The molecule has 19 heavy (non-hydrogen) atoms. The van der Waals surface area contributed by atoms with E-state index in [2.05, 4.69) is 10.3 Å². The Morgan fingerprint density at radius 2 is 2.11 bits per heavy atom. The van der Waals surface area contributed by atoms with Crippen LogP contribution < -0.4 is 5.32 Å². The number of aromatic carboxylic acids is 1. The first kappa shape index (κ1) is 15.7. The molecular formula is C13H19ClN2O3. The average Bonchev–Trinajstić information content (AvgIpc) is 2.42. The van der Waals surface area contributed by atoms with Crippen molar-refractivity contribution < 1.29 is 15.0 Å². The summed E-state index contributed by atoms with van der Waals surface area (Å²) in [5.74, 6) is -0.754. The highest BCUT2D eigenvalue weighted by Crippen LogP contribution is 2.28. The third-order valence-corrected chi connectivity index (χ3v) is 3.97. The van der Waals surface area contributed by atoms with E-state index in [-0.39, 0.29) is 22.6 Å². The lowest BCUT2D eigenvalue weighted by Gasteiger charge is -2.29. The molecule has 0 aliphatic rings. The van der Waals surface area contributed by atoms with Gasteiger partial charge in [0.15, 0.2) is 0 Å². The summed E-state index contributed by atoms with van der Waals surface area (Å²) >= 11 is 5.99. The Morgan fingerprint density at radius 3 is 2.58 bits per heavy atom. The molecule has 0 aromatic carbocycles. The number of nitrogens with zero attached hydrogens (tertiary/aromatic N) is 1. The summed E-state index contributed by atoms with van der Waals surface area (Å²) in [6, 6.07) is 1.36. The average molecular weight is 287 g/mol. The van der Waals surface area contributed by atoms with Gasteiger partial charge in [-0.15, -0.1) is 0 Å². The first-order chi connectivity index (χ1) is 8.99. The van der Waals surface area contributed by atoms with Crippen molar-refractivity contribution in [3.8, 4) is 0 Å². The van der Waals surface area contributed by atoms with Gasteiger partial charge >= 0.3 is 5.97 Å². The van der Waals surface area contributed by atoms with Gasteiger partial charge in [-0.3, -0.25) is 0 Å². The minimum absolute atomic E-state index is 0.0155. The maximum absolute atomic E-state index is 11.0. The molecule has 0 saturated carbocycles. The minimum Gasteiger partial charge on any atom is -0.478 e. The molecule has 106 valence electrons. The number of carboxylic acid groups (broad SMARTS) is 1. The predicted molar refractivity (Wildman–Crippen MR) is 74.8 cm³/mol. The number of aliphatic hydroxyl groups excluding tert-OH is 1. The maximum Gasteiger partial charge on any atom is 0.337 e. The Balaban J connectivity index is 2.89. The van der Waals surface area contributed by atoms with E-state index in [4.69, 9.17) is 16.7 Å². The molecule has 0 saturated heterocycles. The van der Waals surface area contributed by atoms with Gasteiger partial charge in [0.1, 0.15) is 5.82 Å². The number of aliphatic hydroxyl groups is 1. The lowest BCUT2D eigenvalue weighted by atomic mass is 9.83. The molecule has 0 radical (unpaired) electrons. The van der Waals surface area contributed by atoms with Crippen molar-refractivity contribution in [2.75, 3.05) is 18.5 Å². The van der Waals surface area contributed by atoms with Crippen LogP contribution in [-0.4, -0.2) is 34.3 Å². The molecule has 1 heterocycles. The number of pyridine rings is 1. The van der Waals surface area contributed by atoms with Crippen LogP contribution in [-0.2, 0) is 0 Å². The van der Waals surface area contributed by atoms with Crippen LogP contribution in [0.1, 0.15) is 37.0 Å². The van der Waals surface area contributed by atoms with Crippen molar-refractivity contribution in [2.45, 2.75) is 26.7 Å². The number of hydrogen-bond donors (Lipinski definition) is 3. The van der Waals surface area contributed by atoms with Gasteiger partial charge in [0, 0.05) is 18.2 Å². The molecule has 0 bridgehead atoms. The molecule has 1 rings (SSSR count). The number of rotatable bonds is 7. The second-order valence-electron chi connectivity index (χ2n) is 4.55. The summed E-state index contributed by atoms with van der Waals surface area (Å²) in [4.78, 5) is 15.0. The van der Waals surface area contributed by atoms with Crippen molar-refractivity contribution in [1.82, 2.24) is 4.98 Å². The van der Waals surface area contributed by atoms with E-state index in [1.807, 2.05) is 13.8 Å². The molecule has 0 aliphatic heterocycles. The summed E-state index contributed by atoms with van der Waals surface area (Å²) in [7, 11) is 0. The summed E-state index contributed by atoms with van der Waals surface area (Å²) in [5.41, 5.74) is -0.230. The summed E-state index contributed by atoms with van der Waals surface area (Å²) in [6.45, 7) is 4.56. The largest absolute Gasteiger partial charge is 0.478 e. The van der Waals surface area contributed by atoms with Crippen LogP contribution in [0.25, 0.3) is 0 Å². The van der Waals surface area contributed by atoms with E-state index in [0.717, 1.165) is 12.8 Å². The first-order valence-corrected chi connectivity index (χ1v) is 6.60. The highest BCUT2D eigenvalue weighted by Gasteiger charge is 2.25. The highest BCUT2D eigenvalue weighted by atomic mass is 35.5. The Hall–Kier alpha value is -1.33. The van der Waals surface area contributed by atoms with Gasteiger partial charge in [0.25, 0.3) is 0 Å². The number of nitrogens with one attached hydrogen (secondary N) is 1. The van der Waals surface area contributed by atoms with Crippen molar-refractivity contribution in [3.05, 3.63) is 22.8 Å². The van der Waals surface area contributed by atoms with Crippen LogP contribution >= 0.6 is 11.6 Å². The zero-order valence-corrected chi connectivity index (χ0v) is 11.9. The molecule has 1 aromatic heterocycles. The number of anilines is 1. The Labute approximate surface area is 117 Å². The lowest BCUT2D eigenvalue weighted by Crippen LogP contribution is -2.32. The van der Waals surface area contributed by atoms with Gasteiger partial charge in [-0.25, -0.2) is 9.78 Å². The molecule has 6 heteroatoms. The van der Waals surface area contributed by atoms with Gasteiger partial charge in [-0.05, 0) is 18.9 Å². The minimum atomic E-state index is -1.09. The van der Waals surface area contributed by atoms with Gasteiger partial charge in [-0.1, -0.05) is 25.4 Å². The van der Waals surface area contributed by atoms with E-state index in [9.17, 15) is 9.90 Å². The number of carboxylic acids is 1. The van der Waals surface area contributed by atoms with Crippen LogP contribution in [0, 0.1) is 5.41 Å². The number of carbonyl (C=O) groups is 1. The third kappa shape index (κ3) is 3.58. The molecule has 1 aromatic rings. The molecule has 5 nitrogen and oxygen atoms in total. The molecule has 3 N–H and O–H groups in total. The van der Waals surface area contributed by atoms with Gasteiger partial charge in [-0.2, -0.15) is 0 Å². The third-order valence-electron chi connectivity index (χ3n) is 3.59. The molecule has 0 aliphatic carbocycles. The van der Waals surface area contributed by atoms with Crippen LogP contribution in [0.2, 0.25) is 5.02 Å². The van der Waals surface area contributed by atoms with E-state index in [1.54, 1.807) is 0 Å². The molecule has 0 amide bonds. The standard InChI is InChI=1S/C13H19ClN2O3/c1-3-13(4-2,8-17)7-16-11-10(14)9(12(18)19)5-6-15-11/h5-6,17H,3-4,7-8H2,1-2H3,(H,15,16)(H,18,19). The molecular weight excluding hydrogens is 268 g/mol. The van der Waals surface area contributed by atoms with E-state index < -0.39 is 5.97 Å². The zero-order valence-electron chi connectivity index (χ0n) is 11.1. The summed E-state index contributed by atoms with van der Waals surface area (Å²) < 4.78 is 0. The predicted octanol–water partition coefficient (Wildman–Crippen LogP) is 2.64. The second-order valence-corrected chi connectivity index (χ2v) is 4.92. The van der Waals surface area contributed by atoms with Crippen molar-refractivity contribution in [3.63, 3.8) is 0 Å². The quantitative estimate of drug-likeness (QED) is 0.718. The Kier molecular flexibility index (Phi) is 5.57. The first-order valence-electron chi connectivity index (χ1n) is 6.22.